The number of hydrogen-bond donors (Lipinski definition) is 1. The summed E-state index contributed by atoms with van der Waals surface area (Å²) in [6, 6.07) is 0. The van der Waals surface area contributed by atoms with Crippen LogP contribution in [0.15, 0.2) is 0 Å². The van der Waals surface area contributed by atoms with Gasteiger partial charge in [0.2, 0.25) is 0 Å². The maximum Gasteiger partial charge on any atom is 0.314 e. The van der Waals surface area contributed by atoms with Crippen molar-refractivity contribution in [3.8, 4) is 0 Å². The number of aliphatic carboxylic acids is 1. The highest BCUT2D eigenvalue weighted by Gasteiger charge is 2.36. The molecule has 0 atom stereocenters. The molecule has 11 heavy (non-hydrogen) atoms. The van der Waals surface area contributed by atoms with E-state index in [1.165, 1.54) is 6.42 Å². The molecule has 0 aromatic heterocycles. The Balaban J connectivity index is 2.44. The van der Waals surface area contributed by atoms with Gasteiger partial charge in [-0.3, -0.25) is 4.79 Å². The second-order valence-corrected chi connectivity index (χ2v) is 2.04. The first kappa shape index (κ1) is 8.53. The van der Waals surface area contributed by atoms with Crippen molar-refractivity contribution in [1.82, 2.24) is 0 Å². The molecular weight excluding hydrogens is 144 g/mol. The minimum absolute atomic E-state index is 0.229. The predicted molar refractivity (Wildman–Crippen MR) is 38.6 cm³/mol. The lowest BCUT2D eigenvalue weighted by Crippen LogP contribution is -2.17. The third-order valence-electron chi connectivity index (χ3n) is 1.31. The Labute approximate surface area is 66.4 Å². The van der Waals surface area contributed by atoms with Crippen LogP contribution in [0.4, 0.5) is 0 Å². The lowest BCUT2D eigenvalue weighted by Gasteiger charge is -2.12. The van der Waals surface area contributed by atoms with Gasteiger partial charge in [-0.2, -0.15) is 0 Å². The predicted octanol–water partition coefficient (Wildman–Crippen LogP) is 0.840. The summed E-state index contributed by atoms with van der Waals surface area (Å²) in [5.41, 5.74) is 0. The molecule has 0 heterocycles. The first-order valence-corrected chi connectivity index (χ1v) is 3.37. The molecule has 1 saturated carbocycles. The van der Waals surface area contributed by atoms with Crippen LogP contribution < -0.4 is 0 Å². The number of carbonyl (C=O) groups is 1. The van der Waals surface area contributed by atoms with E-state index in [0.29, 0.717) is 12.7 Å². The molecule has 1 aliphatic rings. The number of hydrogen-bond acceptors (Lipinski definition) is 2. The van der Waals surface area contributed by atoms with Crippen LogP contribution in [0, 0.1) is 31.3 Å². The summed E-state index contributed by atoms with van der Waals surface area (Å²) in [7, 11) is 0. The fourth-order valence-corrected chi connectivity index (χ4v) is 0.862. The third-order valence-corrected chi connectivity index (χ3v) is 1.31. The molecule has 3 nitrogen and oxygen atoms in total. The second kappa shape index (κ2) is 3.72. The van der Waals surface area contributed by atoms with Crippen LogP contribution in [0.5, 0.6) is 0 Å². The fourth-order valence-electron chi connectivity index (χ4n) is 0.862. The number of carboxylic acid groups (broad SMARTS) is 1. The minimum Gasteiger partial charge on any atom is -0.481 e. The quantitative estimate of drug-likeness (QED) is 0.653. The molecule has 1 N–H and O–H groups in total. The molecule has 0 aromatic carbocycles. The van der Waals surface area contributed by atoms with Crippen LogP contribution in [0.25, 0.3) is 0 Å². The van der Waals surface area contributed by atoms with Crippen LogP contribution in [0.3, 0.4) is 0 Å². The largest absolute Gasteiger partial charge is 0.481 e. The van der Waals surface area contributed by atoms with Crippen LogP contribution in [-0.2, 0) is 9.53 Å². The maximum absolute atomic E-state index is 10.5. The summed E-state index contributed by atoms with van der Waals surface area (Å²) in [4.78, 5) is 10.5. The van der Waals surface area contributed by atoms with Crippen molar-refractivity contribution in [2.45, 2.75) is 6.92 Å². The average Bonchev–Trinajstić information content (AvgIpc) is 2.36. The lowest BCUT2D eigenvalue weighted by molar-refractivity contribution is -0.134. The Morgan fingerprint density at radius 2 is 2.36 bits per heavy atom. The normalized spacial score (nSPS) is 20.8. The van der Waals surface area contributed by atoms with E-state index in [2.05, 4.69) is 0 Å². The van der Waals surface area contributed by atoms with Gasteiger partial charge in [-0.15, -0.1) is 0 Å². The molecule has 0 amide bonds. The van der Waals surface area contributed by atoms with Crippen LogP contribution in [-0.4, -0.2) is 17.7 Å². The van der Waals surface area contributed by atoms with Gasteiger partial charge in [-0.1, -0.05) is 0 Å². The highest BCUT2D eigenvalue weighted by molar-refractivity contribution is 5.91. The highest BCUT2D eigenvalue weighted by atomic mass is 16.5. The van der Waals surface area contributed by atoms with Gasteiger partial charge in [0.1, 0.15) is 12.0 Å². The first-order valence-electron chi connectivity index (χ1n) is 3.37. The molecule has 0 aliphatic heterocycles. The summed E-state index contributed by atoms with van der Waals surface area (Å²) >= 11 is 0. The van der Waals surface area contributed by atoms with Crippen LogP contribution in [0.2, 0.25) is 0 Å². The van der Waals surface area contributed by atoms with Gasteiger partial charge < -0.3 is 9.84 Å². The van der Waals surface area contributed by atoms with Gasteiger partial charge >= 0.3 is 5.97 Å². The van der Waals surface area contributed by atoms with Gasteiger partial charge in [0.25, 0.3) is 0 Å². The van der Waals surface area contributed by atoms with Gasteiger partial charge in [-0.05, 0) is 19.8 Å². The summed E-state index contributed by atoms with van der Waals surface area (Å²) in [6.45, 7) is 2.31. The monoisotopic (exact) mass is 153 g/mol. The van der Waals surface area contributed by atoms with E-state index in [9.17, 15) is 4.79 Å². The summed E-state index contributed by atoms with van der Waals surface area (Å²) in [5.74, 6) is -0.717. The molecule has 3 heteroatoms. The number of rotatable bonds is 3. The van der Waals surface area contributed by atoms with Crippen LogP contribution >= 0.6 is 0 Å². The van der Waals surface area contributed by atoms with Crippen molar-refractivity contribution in [3.05, 3.63) is 31.3 Å². The Morgan fingerprint density at radius 3 is 2.91 bits per heavy atom. The van der Waals surface area contributed by atoms with Gasteiger partial charge in [0.05, 0.1) is 0 Å². The van der Waals surface area contributed by atoms with E-state index in [1.807, 2.05) is 6.92 Å². The molecule has 1 aliphatic carbocycles. The molecule has 59 valence electrons. The van der Waals surface area contributed by atoms with E-state index in [1.54, 1.807) is 12.8 Å². The van der Waals surface area contributed by atoms with Crippen LogP contribution in [0.1, 0.15) is 6.92 Å². The van der Waals surface area contributed by atoms with Crippen molar-refractivity contribution in [3.63, 3.8) is 0 Å². The summed E-state index contributed by atoms with van der Waals surface area (Å²) in [5, 5.41) is 8.60. The van der Waals surface area contributed by atoms with E-state index in [4.69, 9.17) is 9.84 Å². The minimum atomic E-state index is -0.946. The molecule has 5 radical (unpaired) electrons. The first-order chi connectivity index (χ1) is 5.25. The Morgan fingerprint density at radius 1 is 1.64 bits per heavy atom. The zero-order valence-electron chi connectivity index (χ0n) is 6.20. The molecule has 0 spiro atoms. The topological polar surface area (TPSA) is 46.5 Å². The number of carboxylic acids is 1. The SMILES string of the molecule is CCO[C]1[CH][CH][CH][C]1C(=O)O. The van der Waals surface area contributed by atoms with Crippen molar-refractivity contribution in [2.75, 3.05) is 6.61 Å². The van der Waals surface area contributed by atoms with Gasteiger partial charge in [0, 0.05) is 13.0 Å². The number of ether oxygens (including phenoxy) is 1. The third kappa shape index (κ3) is 1.93. The van der Waals surface area contributed by atoms with Crippen molar-refractivity contribution in [2.24, 2.45) is 0 Å². The van der Waals surface area contributed by atoms with Crippen molar-refractivity contribution < 1.29 is 14.6 Å². The highest BCUT2D eigenvalue weighted by Crippen LogP contribution is 2.33. The molecule has 0 bridgehead atoms. The Kier molecular flexibility index (Phi) is 2.88. The summed E-state index contributed by atoms with van der Waals surface area (Å²) in [6.07, 6.45) is 5.27. The van der Waals surface area contributed by atoms with E-state index in [-0.39, 0.29) is 5.92 Å². The van der Waals surface area contributed by atoms with E-state index >= 15 is 0 Å². The Hall–Kier alpha value is -0.570. The summed E-state index contributed by atoms with van der Waals surface area (Å²) < 4.78 is 5.06. The maximum atomic E-state index is 10.5. The molecular formula is C8H9O3. The second-order valence-electron chi connectivity index (χ2n) is 2.04. The molecule has 0 aromatic rings. The average molecular weight is 153 g/mol. The molecule has 0 saturated heterocycles. The standard InChI is InChI=1S/C8H9O3/c1-2-11-7-5-3-4-6(7)8(9)10/h3-5H,2H2,1H3,(H,9,10). The fraction of sp³-hybridized carbons (Fsp3) is 0.250. The smallest absolute Gasteiger partial charge is 0.314 e. The van der Waals surface area contributed by atoms with Crippen molar-refractivity contribution >= 4 is 5.97 Å². The molecule has 0 unspecified atom stereocenters. The van der Waals surface area contributed by atoms with E-state index in [0.717, 1.165) is 0 Å². The molecule has 1 rings (SSSR count). The van der Waals surface area contributed by atoms with Gasteiger partial charge in [0.15, 0.2) is 0 Å². The van der Waals surface area contributed by atoms with Gasteiger partial charge in [-0.25, -0.2) is 0 Å². The van der Waals surface area contributed by atoms with E-state index < -0.39 is 5.97 Å². The Bertz CT molecular complexity index is 144. The van der Waals surface area contributed by atoms with Crippen molar-refractivity contribution in [1.29, 1.82) is 0 Å². The zero-order valence-corrected chi connectivity index (χ0v) is 6.20. The lowest BCUT2D eigenvalue weighted by atomic mass is 10.1. The zero-order chi connectivity index (χ0) is 8.27. The molecule has 1 fully saturated rings.